The number of amides is 2. The Hall–Kier alpha value is -1.75. The molecule has 2 N–H and O–H groups in total. The molecule has 1 atom stereocenters. The first-order chi connectivity index (χ1) is 11.2. The van der Waals surface area contributed by atoms with Crippen molar-refractivity contribution in [1.82, 2.24) is 10.6 Å². The molecule has 0 bridgehead atoms. The van der Waals surface area contributed by atoms with Crippen LogP contribution in [-0.4, -0.2) is 31.4 Å². The summed E-state index contributed by atoms with van der Waals surface area (Å²) in [5.74, 6) is 0.849. The zero-order valence-corrected chi connectivity index (χ0v) is 13.8. The lowest BCUT2D eigenvalue weighted by Gasteiger charge is -2.17. The molecule has 0 aromatic heterocycles. The van der Waals surface area contributed by atoms with Gasteiger partial charge in [0, 0.05) is 24.6 Å². The number of benzene rings is 1. The van der Waals surface area contributed by atoms with Crippen molar-refractivity contribution in [1.29, 1.82) is 0 Å². The minimum Gasteiger partial charge on any atom is -0.488 e. The smallest absolute Gasteiger partial charge is 0.315 e. The second kappa shape index (κ2) is 7.68. The summed E-state index contributed by atoms with van der Waals surface area (Å²) in [6.45, 7) is 3.92. The number of carbonyl (C=O) groups is 1. The molecule has 2 fully saturated rings. The Kier molecular flexibility index (Phi) is 5.39. The summed E-state index contributed by atoms with van der Waals surface area (Å²) in [7, 11) is 0. The average Bonchev–Trinajstić information content (AvgIpc) is 3.20. The highest BCUT2D eigenvalue weighted by atomic mass is 16.5. The van der Waals surface area contributed by atoms with Crippen molar-refractivity contribution in [3.63, 3.8) is 0 Å². The number of ether oxygens (including phenoxy) is 2. The Bertz CT molecular complexity index is 535. The molecule has 0 unspecified atom stereocenters. The van der Waals surface area contributed by atoms with Gasteiger partial charge in [0.05, 0.1) is 13.2 Å². The Balaban J connectivity index is 1.56. The fraction of sp³-hybridized carbons (Fsp3) is 0.611. The first kappa shape index (κ1) is 16.1. The summed E-state index contributed by atoms with van der Waals surface area (Å²) in [5, 5.41) is 5.99. The number of aryl methyl sites for hydroxylation is 1. The normalized spacial score (nSPS) is 21.3. The maximum Gasteiger partial charge on any atom is 0.315 e. The van der Waals surface area contributed by atoms with Crippen molar-refractivity contribution in [3.8, 4) is 5.75 Å². The zero-order chi connectivity index (χ0) is 16.1. The summed E-state index contributed by atoms with van der Waals surface area (Å²) in [4.78, 5) is 12.0. The molecular weight excluding hydrogens is 292 g/mol. The summed E-state index contributed by atoms with van der Waals surface area (Å²) in [6, 6.07) is 6.34. The van der Waals surface area contributed by atoms with E-state index in [2.05, 4.69) is 10.6 Å². The molecule has 3 rings (SSSR count). The van der Waals surface area contributed by atoms with E-state index in [1.54, 1.807) is 0 Å². The van der Waals surface area contributed by atoms with Crippen LogP contribution in [-0.2, 0) is 11.3 Å². The summed E-state index contributed by atoms with van der Waals surface area (Å²) >= 11 is 0. The van der Waals surface area contributed by atoms with E-state index in [-0.39, 0.29) is 12.1 Å². The van der Waals surface area contributed by atoms with Gasteiger partial charge >= 0.3 is 6.03 Å². The predicted molar refractivity (Wildman–Crippen MR) is 88.7 cm³/mol. The largest absolute Gasteiger partial charge is 0.488 e. The third-order valence-corrected chi connectivity index (χ3v) is 4.53. The maximum atomic E-state index is 12.0. The molecule has 23 heavy (non-hydrogen) atoms. The molecule has 1 aromatic carbocycles. The fourth-order valence-corrected chi connectivity index (χ4v) is 3.18. The molecule has 1 aliphatic carbocycles. The quantitative estimate of drug-likeness (QED) is 0.877. The second-order valence-corrected chi connectivity index (χ2v) is 6.52. The molecule has 5 heteroatoms. The van der Waals surface area contributed by atoms with Gasteiger partial charge in [-0.25, -0.2) is 4.79 Å². The lowest BCUT2D eigenvalue weighted by atomic mass is 10.1. The molecule has 1 saturated heterocycles. The summed E-state index contributed by atoms with van der Waals surface area (Å²) < 4.78 is 11.4. The number of nitrogens with one attached hydrogen (secondary N) is 2. The van der Waals surface area contributed by atoms with E-state index in [0.717, 1.165) is 42.7 Å². The van der Waals surface area contributed by atoms with Crippen molar-refractivity contribution < 1.29 is 14.3 Å². The van der Waals surface area contributed by atoms with Crippen LogP contribution < -0.4 is 15.4 Å². The van der Waals surface area contributed by atoms with E-state index >= 15 is 0 Å². The van der Waals surface area contributed by atoms with E-state index < -0.39 is 0 Å². The Morgan fingerprint density at radius 2 is 2.13 bits per heavy atom. The van der Waals surface area contributed by atoms with Gasteiger partial charge in [0.15, 0.2) is 0 Å². The van der Waals surface area contributed by atoms with Gasteiger partial charge < -0.3 is 20.1 Å². The third kappa shape index (κ3) is 4.61. The molecule has 1 saturated carbocycles. The van der Waals surface area contributed by atoms with E-state index in [1.807, 2.05) is 25.1 Å². The van der Waals surface area contributed by atoms with Crippen LogP contribution in [0.25, 0.3) is 0 Å². The number of carbonyl (C=O) groups excluding carboxylic acids is 1. The van der Waals surface area contributed by atoms with Crippen LogP contribution in [0.4, 0.5) is 4.79 Å². The Labute approximate surface area is 137 Å². The molecule has 2 aliphatic rings. The highest BCUT2D eigenvalue weighted by Gasteiger charge is 2.20. The van der Waals surface area contributed by atoms with Crippen LogP contribution in [0.3, 0.4) is 0 Å². The third-order valence-electron chi connectivity index (χ3n) is 4.53. The standard InChI is InChI=1S/C18H26N2O3/c1-13-6-7-14(17(10-13)23-16-8-9-22-12-16)11-19-18(21)20-15-4-2-3-5-15/h6-7,10,15-16H,2-5,8-9,11-12H2,1H3,(H2,19,20,21)/t16-/m0/s1. The van der Waals surface area contributed by atoms with E-state index in [0.29, 0.717) is 19.2 Å². The molecule has 0 spiro atoms. The van der Waals surface area contributed by atoms with Crippen molar-refractivity contribution >= 4 is 6.03 Å². The fourth-order valence-electron chi connectivity index (χ4n) is 3.18. The van der Waals surface area contributed by atoms with Crippen molar-refractivity contribution in [2.75, 3.05) is 13.2 Å². The molecular formula is C18H26N2O3. The predicted octanol–water partition coefficient (Wildman–Crippen LogP) is 2.90. The molecule has 0 radical (unpaired) electrons. The van der Waals surface area contributed by atoms with Gasteiger partial charge in [0.2, 0.25) is 0 Å². The van der Waals surface area contributed by atoms with Gasteiger partial charge in [0.25, 0.3) is 0 Å². The van der Waals surface area contributed by atoms with Crippen molar-refractivity contribution in [2.45, 2.75) is 57.7 Å². The van der Waals surface area contributed by atoms with Gasteiger partial charge in [-0.2, -0.15) is 0 Å². The van der Waals surface area contributed by atoms with Gasteiger partial charge in [-0.1, -0.05) is 25.0 Å². The monoisotopic (exact) mass is 318 g/mol. The Morgan fingerprint density at radius 1 is 1.30 bits per heavy atom. The van der Waals surface area contributed by atoms with Crippen LogP contribution in [0.2, 0.25) is 0 Å². The SMILES string of the molecule is Cc1ccc(CNC(=O)NC2CCCC2)c(O[C@H]2CCOC2)c1. The van der Waals surface area contributed by atoms with Crippen LogP contribution in [0.1, 0.15) is 43.2 Å². The second-order valence-electron chi connectivity index (χ2n) is 6.52. The van der Waals surface area contributed by atoms with Gasteiger partial charge in [-0.15, -0.1) is 0 Å². The molecule has 126 valence electrons. The maximum absolute atomic E-state index is 12.0. The number of urea groups is 1. The van der Waals surface area contributed by atoms with E-state index in [9.17, 15) is 4.79 Å². The summed E-state index contributed by atoms with van der Waals surface area (Å²) in [5.41, 5.74) is 2.15. The minimum atomic E-state index is -0.0902. The number of hydrogen-bond donors (Lipinski definition) is 2. The Morgan fingerprint density at radius 3 is 2.87 bits per heavy atom. The molecule has 5 nitrogen and oxygen atoms in total. The van der Waals surface area contributed by atoms with Crippen LogP contribution in [0.5, 0.6) is 5.75 Å². The first-order valence-electron chi connectivity index (χ1n) is 8.59. The minimum absolute atomic E-state index is 0.0902. The lowest BCUT2D eigenvalue weighted by Crippen LogP contribution is -2.40. The number of rotatable bonds is 5. The lowest BCUT2D eigenvalue weighted by molar-refractivity contribution is 0.140. The van der Waals surface area contributed by atoms with Crippen molar-refractivity contribution in [3.05, 3.63) is 29.3 Å². The zero-order valence-electron chi connectivity index (χ0n) is 13.8. The summed E-state index contributed by atoms with van der Waals surface area (Å²) in [6.07, 6.45) is 5.64. The first-order valence-corrected chi connectivity index (χ1v) is 8.59. The molecule has 1 aliphatic heterocycles. The van der Waals surface area contributed by atoms with E-state index in [4.69, 9.17) is 9.47 Å². The van der Waals surface area contributed by atoms with Gasteiger partial charge in [-0.05, 0) is 31.4 Å². The topological polar surface area (TPSA) is 59.6 Å². The van der Waals surface area contributed by atoms with Gasteiger partial charge in [-0.3, -0.25) is 0 Å². The van der Waals surface area contributed by atoms with Gasteiger partial charge in [0.1, 0.15) is 11.9 Å². The van der Waals surface area contributed by atoms with Crippen LogP contribution in [0, 0.1) is 6.92 Å². The van der Waals surface area contributed by atoms with Crippen molar-refractivity contribution in [2.24, 2.45) is 0 Å². The average molecular weight is 318 g/mol. The van der Waals surface area contributed by atoms with Crippen LogP contribution >= 0.6 is 0 Å². The molecule has 2 amide bonds. The number of hydrogen-bond acceptors (Lipinski definition) is 3. The molecule has 1 aromatic rings. The highest BCUT2D eigenvalue weighted by molar-refractivity contribution is 5.74. The highest BCUT2D eigenvalue weighted by Crippen LogP contribution is 2.24. The molecule has 1 heterocycles. The van der Waals surface area contributed by atoms with Crippen LogP contribution in [0.15, 0.2) is 18.2 Å². The van der Waals surface area contributed by atoms with E-state index in [1.165, 1.54) is 12.8 Å².